The fourth-order valence-corrected chi connectivity index (χ4v) is 2.48. The van der Waals surface area contributed by atoms with Gasteiger partial charge in [0.15, 0.2) is 0 Å². The molecule has 4 heterocycles. The number of aromatic nitrogens is 5. The minimum absolute atomic E-state index is 0.00470. The van der Waals surface area contributed by atoms with Gasteiger partial charge in [-0.1, -0.05) is 0 Å². The van der Waals surface area contributed by atoms with Crippen LogP contribution in [0.4, 0.5) is 13.2 Å². The van der Waals surface area contributed by atoms with Gasteiger partial charge in [-0.2, -0.15) is 13.2 Å². The van der Waals surface area contributed by atoms with Crippen molar-refractivity contribution in [2.75, 3.05) is 0 Å². The quantitative estimate of drug-likeness (QED) is 0.538. The van der Waals surface area contributed by atoms with Crippen molar-refractivity contribution in [3.63, 3.8) is 0 Å². The summed E-state index contributed by atoms with van der Waals surface area (Å²) in [5, 5.41) is 7.31. The number of nitrogens with zero attached hydrogens (tertiary/aromatic N) is 5. The second kappa shape index (κ2) is 4.51. The smallest absolute Gasteiger partial charge is 0.417 e. The molecule has 0 radical (unpaired) electrons. The molecule has 0 aromatic carbocycles. The SMILES string of the molecule is Cc1cc(C(F)(F)F)c2ccc3nc(-c4nnco4)cn3c2n1. The van der Waals surface area contributed by atoms with Crippen LogP contribution in [-0.2, 0) is 6.18 Å². The van der Waals surface area contributed by atoms with Gasteiger partial charge in [0.25, 0.3) is 5.89 Å². The van der Waals surface area contributed by atoms with Gasteiger partial charge in [-0.15, -0.1) is 10.2 Å². The molecule has 0 aliphatic carbocycles. The van der Waals surface area contributed by atoms with Gasteiger partial charge in [0.1, 0.15) is 17.0 Å². The van der Waals surface area contributed by atoms with Crippen LogP contribution in [0.3, 0.4) is 0 Å². The molecule has 0 spiro atoms. The Kier molecular flexibility index (Phi) is 2.68. The first-order chi connectivity index (χ1) is 10.9. The molecule has 4 aromatic rings. The zero-order chi connectivity index (χ0) is 16.2. The summed E-state index contributed by atoms with van der Waals surface area (Å²) in [5.41, 5.74) is 0.525. The third kappa shape index (κ3) is 2.12. The van der Waals surface area contributed by atoms with Crippen LogP contribution in [0.25, 0.3) is 28.3 Å². The number of aryl methyl sites for hydroxylation is 1. The minimum atomic E-state index is -4.46. The highest BCUT2D eigenvalue weighted by Crippen LogP contribution is 2.35. The van der Waals surface area contributed by atoms with Gasteiger partial charge in [0.2, 0.25) is 6.39 Å². The molecule has 23 heavy (non-hydrogen) atoms. The van der Waals surface area contributed by atoms with Crippen molar-refractivity contribution in [3.05, 3.63) is 42.0 Å². The number of halogens is 3. The van der Waals surface area contributed by atoms with E-state index in [9.17, 15) is 13.2 Å². The lowest BCUT2D eigenvalue weighted by Crippen LogP contribution is -2.08. The average molecular weight is 319 g/mol. The van der Waals surface area contributed by atoms with Crippen LogP contribution in [0.2, 0.25) is 0 Å². The number of pyridine rings is 2. The molecule has 0 aliphatic rings. The first-order valence-electron chi connectivity index (χ1n) is 6.57. The van der Waals surface area contributed by atoms with Gasteiger partial charge in [0.05, 0.1) is 5.56 Å². The highest BCUT2D eigenvalue weighted by atomic mass is 19.4. The minimum Gasteiger partial charge on any atom is -0.422 e. The first kappa shape index (κ1) is 13.7. The zero-order valence-corrected chi connectivity index (χ0v) is 11.7. The Labute approximate surface area is 126 Å². The maximum Gasteiger partial charge on any atom is 0.417 e. The molecule has 0 atom stereocenters. The summed E-state index contributed by atoms with van der Waals surface area (Å²) in [6.07, 6.45) is -1.78. The molecule has 116 valence electrons. The highest BCUT2D eigenvalue weighted by Gasteiger charge is 2.33. The molecule has 4 aromatic heterocycles. The number of fused-ring (bicyclic) bond motifs is 3. The number of hydrogen-bond donors (Lipinski definition) is 0. The van der Waals surface area contributed by atoms with Crippen LogP contribution in [0.1, 0.15) is 11.3 Å². The van der Waals surface area contributed by atoms with Crippen molar-refractivity contribution in [1.29, 1.82) is 0 Å². The summed E-state index contributed by atoms with van der Waals surface area (Å²) < 4.78 is 46.3. The monoisotopic (exact) mass is 319 g/mol. The van der Waals surface area contributed by atoms with E-state index >= 15 is 0 Å². The number of imidazole rings is 1. The second-order valence-corrected chi connectivity index (χ2v) is 4.98. The molecule has 4 rings (SSSR count). The van der Waals surface area contributed by atoms with Crippen molar-refractivity contribution < 1.29 is 17.6 Å². The fraction of sp³-hybridized carbons (Fsp3) is 0.143. The van der Waals surface area contributed by atoms with E-state index in [1.165, 1.54) is 29.7 Å². The molecule has 0 N–H and O–H groups in total. The van der Waals surface area contributed by atoms with Crippen LogP contribution < -0.4 is 0 Å². The van der Waals surface area contributed by atoms with E-state index in [2.05, 4.69) is 20.2 Å². The van der Waals surface area contributed by atoms with E-state index in [0.717, 1.165) is 12.5 Å². The van der Waals surface area contributed by atoms with Crippen molar-refractivity contribution in [3.8, 4) is 11.6 Å². The molecule has 0 saturated carbocycles. The van der Waals surface area contributed by atoms with Gasteiger partial charge in [-0.25, -0.2) is 9.97 Å². The van der Waals surface area contributed by atoms with E-state index in [1.54, 1.807) is 0 Å². The lowest BCUT2D eigenvalue weighted by molar-refractivity contribution is -0.136. The van der Waals surface area contributed by atoms with Gasteiger partial charge in [-0.3, -0.25) is 4.40 Å². The van der Waals surface area contributed by atoms with E-state index in [4.69, 9.17) is 4.42 Å². The second-order valence-electron chi connectivity index (χ2n) is 4.98. The predicted molar refractivity (Wildman–Crippen MR) is 73.5 cm³/mol. The first-order valence-corrected chi connectivity index (χ1v) is 6.57. The van der Waals surface area contributed by atoms with Crippen LogP contribution in [0.5, 0.6) is 0 Å². The molecule has 0 bridgehead atoms. The summed E-state index contributed by atoms with van der Waals surface area (Å²) in [6.45, 7) is 1.52. The Hall–Kier alpha value is -2.97. The maximum absolute atomic E-state index is 13.2. The lowest BCUT2D eigenvalue weighted by Gasteiger charge is -2.11. The van der Waals surface area contributed by atoms with Gasteiger partial charge in [-0.05, 0) is 25.1 Å². The summed E-state index contributed by atoms with van der Waals surface area (Å²) in [6, 6.07) is 3.89. The standard InChI is InChI=1S/C14H8F3N5O/c1-7-4-9(14(15,16)17)8-2-3-11-20-10(13-21-18-6-23-13)5-22(11)12(8)19-7/h2-6H,1H3. The molecular weight excluding hydrogens is 311 g/mol. The number of alkyl halides is 3. The topological polar surface area (TPSA) is 69.1 Å². The largest absolute Gasteiger partial charge is 0.422 e. The molecule has 0 amide bonds. The zero-order valence-electron chi connectivity index (χ0n) is 11.7. The number of hydrogen-bond acceptors (Lipinski definition) is 5. The summed E-state index contributed by atoms with van der Waals surface area (Å²) in [5.74, 6) is 0.186. The predicted octanol–water partition coefficient (Wildman–Crippen LogP) is 3.26. The molecular formula is C14H8F3N5O. The van der Waals surface area contributed by atoms with Gasteiger partial charge >= 0.3 is 6.18 Å². The average Bonchev–Trinajstić information content (AvgIpc) is 3.14. The van der Waals surface area contributed by atoms with Crippen LogP contribution in [0.15, 0.2) is 35.2 Å². The molecule has 0 unspecified atom stereocenters. The van der Waals surface area contributed by atoms with E-state index in [-0.39, 0.29) is 22.6 Å². The van der Waals surface area contributed by atoms with E-state index in [0.29, 0.717) is 11.3 Å². The number of rotatable bonds is 1. The van der Waals surface area contributed by atoms with Crippen LogP contribution in [0, 0.1) is 6.92 Å². The Balaban J connectivity index is 2.07. The summed E-state index contributed by atoms with van der Waals surface area (Å²) >= 11 is 0. The van der Waals surface area contributed by atoms with E-state index < -0.39 is 11.7 Å². The molecule has 0 saturated heterocycles. The maximum atomic E-state index is 13.2. The molecule has 0 aliphatic heterocycles. The Morgan fingerprint density at radius 3 is 2.70 bits per heavy atom. The lowest BCUT2D eigenvalue weighted by atomic mass is 10.1. The molecule has 6 nitrogen and oxygen atoms in total. The van der Waals surface area contributed by atoms with Crippen molar-refractivity contribution in [2.24, 2.45) is 0 Å². The Morgan fingerprint density at radius 1 is 1.17 bits per heavy atom. The highest BCUT2D eigenvalue weighted by molar-refractivity contribution is 5.83. The summed E-state index contributed by atoms with van der Waals surface area (Å²) in [4.78, 5) is 8.50. The Morgan fingerprint density at radius 2 is 2.00 bits per heavy atom. The van der Waals surface area contributed by atoms with Crippen molar-refractivity contribution in [1.82, 2.24) is 24.6 Å². The Bertz CT molecular complexity index is 1020. The summed E-state index contributed by atoms with van der Waals surface area (Å²) in [7, 11) is 0. The van der Waals surface area contributed by atoms with Crippen LogP contribution >= 0.6 is 0 Å². The molecule has 9 heteroatoms. The third-order valence-corrected chi connectivity index (χ3v) is 3.41. The molecule has 0 fully saturated rings. The normalized spacial score (nSPS) is 12.3. The van der Waals surface area contributed by atoms with Crippen LogP contribution in [-0.4, -0.2) is 24.6 Å². The van der Waals surface area contributed by atoms with Crippen molar-refractivity contribution >= 4 is 16.7 Å². The van der Waals surface area contributed by atoms with E-state index in [1.807, 2.05) is 0 Å². The van der Waals surface area contributed by atoms with Crippen molar-refractivity contribution in [2.45, 2.75) is 13.1 Å². The van der Waals surface area contributed by atoms with Gasteiger partial charge < -0.3 is 4.42 Å². The van der Waals surface area contributed by atoms with Gasteiger partial charge in [0, 0.05) is 17.3 Å². The fourth-order valence-electron chi connectivity index (χ4n) is 2.48. The third-order valence-electron chi connectivity index (χ3n) is 3.41.